The Morgan fingerprint density at radius 3 is 2.00 bits per heavy atom. The third-order valence-corrected chi connectivity index (χ3v) is 8.91. The molecule has 1 spiro atoms. The summed E-state index contributed by atoms with van der Waals surface area (Å²) < 4.78 is 19.3. The number of esters is 2. The maximum Gasteiger partial charge on any atom is 0.348 e. The zero-order valence-corrected chi connectivity index (χ0v) is 22.0. The molecule has 6 nitrogen and oxygen atoms in total. The molecule has 3 saturated heterocycles. The number of piperidine rings is 1. The normalized spacial score (nSPS) is 24.2. The third-order valence-electron chi connectivity index (χ3n) is 8.91. The van der Waals surface area contributed by atoms with Crippen LogP contribution in [0.4, 0.5) is 0 Å². The molecule has 6 heteroatoms. The highest BCUT2D eigenvalue weighted by Crippen LogP contribution is 2.47. The van der Waals surface area contributed by atoms with Crippen molar-refractivity contribution < 1.29 is 28.3 Å². The van der Waals surface area contributed by atoms with Crippen molar-refractivity contribution in [1.29, 1.82) is 0 Å². The molecule has 3 aliphatic heterocycles. The Morgan fingerprint density at radius 1 is 0.892 bits per heavy atom. The van der Waals surface area contributed by atoms with Crippen molar-refractivity contribution in [3.8, 4) is 0 Å². The lowest BCUT2D eigenvalue weighted by Gasteiger charge is -2.47. The second-order valence-electron chi connectivity index (χ2n) is 10.9. The highest BCUT2D eigenvalue weighted by atomic mass is 16.7. The van der Waals surface area contributed by atoms with Crippen LogP contribution in [0.25, 0.3) is 0 Å². The van der Waals surface area contributed by atoms with E-state index in [1.807, 2.05) is 67.6 Å². The molecule has 0 saturated carbocycles. The molecule has 3 fully saturated rings. The van der Waals surface area contributed by atoms with Crippen molar-refractivity contribution >= 4 is 11.9 Å². The van der Waals surface area contributed by atoms with Gasteiger partial charge in [0, 0.05) is 44.9 Å². The van der Waals surface area contributed by atoms with Gasteiger partial charge in [-0.15, -0.1) is 0 Å². The van der Waals surface area contributed by atoms with Crippen LogP contribution in [0.1, 0.15) is 75.8 Å². The molecule has 2 aromatic rings. The quantitative estimate of drug-likeness (QED) is 0.242. The molecule has 2 bridgehead atoms. The van der Waals surface area contributed by atoms with E-state index in [1.54, 1.807) is 0 Å². The second kappa shape index (κ2) is 11.4. The highest BCUT2D eigenvalue weighted by molar-refractivity contribution is 5.86. The average molecular weight is 507 g/mol. The van der Waals surface area contributed by atoms with Gasteiger partial charge in [-0.3, -0.25) is 4.79 Å². The maximum atomic E-state index is 14.2. The van der Waals surface area contributed by atoms with Gasteiger partial charge >= 0.3 is 11.9 Å². The van der Waals surface area contributed by atoms with Crippen LogP contribution >= 0.6 is 0 Å². The summed E-state index contributed by atoms with van der Waals surface area (Å²) in [7, 11) is 0. The van der Waals surface area contributed by atoms with Crippen LogP contribution in [0.5, 0.6) is 0 Å². The SMILES string of the molecule is CCCCC(=O)OCOC(C(=O)OC1CC2CCC(C1)[N+]21CCCC1)(c1ccccc1)c1ccccc1. The molecule has 37 heavy (non-hydrogen) atoms. The molecule has 3 aliphatic rings. The van der Waals surface area contributed by atoms with Crippen LogP contribution in [0.15, 0.2) is 60.7 Å². The molecular formula is C31H40NO5+. The summed E-state index contributed by atoms with van der Waals surface area (Å²) >= 11 is 0. The summed E-state index contributed by atoms with van der Waals surface area (Å²) in [4.78, 5) is 26.5. The van der Waals surface area contributed by atoms with E-state index in [2.05, 4.69) is 0 Å². The molecule has 0 N–H and O–H groups in total. The average Bonchev–Trinajstić information content (AvgIpc) is 3.47. The van der Waals surface area contributed by atoms with Crippen molar-refractivity contribution in [3.05, 3.63) is 71.8 Å². The fraction of sp³-hybridized carbons (Fsp3) is 0.548. The number of quaternary nitrogens is 1. The highest BCUT2D eigenvalue weighted by Gasteiger charge is 2.56. The molecule has 3 heterocycles. The minimum absolute atomic E-state index is 0.128. The number of rotatable bonds is 10. The van der Waals surface area contributed by atoms with E-state index in [9.17, 15) is 9.59 Å². The Balaban J connectivity index is 1.41. The van der Waals surface area contributed by atoms with Gasteiger partial charge in [-0.05, 0) is 17.5 Å². The first-order valence-electron chi connectivity index (χ1n) is 14.1. The van der Waals surface area contributed by atoms with Gasteiger partial charge in [0.2, 0.25) is 5.60 Å². The predicted molar refractivity (Wildman–Crippen MR) is 140 cm³/mol. The minimum Gasteiger partial charge on any atom is -0.459 e. The van der Waals surface area contributed by atoms with E-state index in [0.29, 0.717) is 29.6 Å². The number of carbonyl (C=O) groups is 2. The third kappa shape index (κ3) is 5.06. The van der Waals surface area contributed by atoms with Crippen LogP contribution in [-0.4, -0.2) is 54.5 Å². The Bertz CT molecular complexity index is 994. The predicted octanol–water partition coefficient (Wildman–Crippen LogP) is 5.48. The topological polar surface area (TPSA) is 61.8 Å². The Morgan fingerprint density at radius 2 is 1.46 bits per heavy atom. The first-order valence-corrected chi connectivity index (χ1v) is 14.1. The summed E-state index contributed by atoms with van der Waals surface area (Å²) in [6.45, 7) is 4.26. The molecule has 0 aromatic heterocycles. The fourth-order valence-electron chi connectivity index (χ4n) is 7.09. The molecule has 0 amide bonds. The monoisotopic (exact) mass is 506 g/mol. The van der Waals surface area contributed by atoms with Crippen molar-refractivity contribution in [3.63, 3.8) is 0 Å². The summed E-state index contributed by atoms with van der Waals surface area (Å²) in [5, 5.41) is 0. The lowest BCUT2D eigenvalue weighted by atomic mass is 9.85. The summed E-state index contributed by atoms with van der Waals surface area (Å²) in [5.74, 6) is -0.762. The molecule has 198 valence electrons. The van der Waals surface area contributed by atoms with Gasteiger partial charge < -0.3 is 18.7 Å². The van der Waals surface area contributed by atoms with Crippen LogP contribution < -0.4 is 0 Å². The smallest absolute Gasteiger partial charge is 0.348 e. The van der Waals surface area contributed by atoms with Crippen molar-refractivity contribution in [2.75, 3.05) is 19.9 Å². The van der Waals surface area contributed by atoms with E-state index in [4.69, 9.17) is 14.2 Å². The molecule has 2 aromatic carbocycles. The van der Waals surface area contributed by atoms with Crippen molar-refractivity contribution in [2.45, 2.75) is 88.5 Å². The van der Waals surface area contributed by atoms with E-state index in [-0.39, 0.29) is 18.9 Å². The summed E-state index contributed by atoms with van der Waals surface area (Å²) in [6, 6.07) is 20.1. The zero-order valence-electron chi connectivity index (χ0n) is 22.0. The van der Waals surface area contributed by atoms with Gasteiger partial charge in [-0.2, -0.15) is 0 Å². The molecule has 5 rings (SSSR count). The fourth-order valence-corrected chi connectivity index (χ4v) is 7.09. The Hall–Kier alpha value is -2.70. The number of benzene rings is 2. The number of unbranched alkanes of at least 4 members (excludes halogenated alkanes) is 1. The van der Waals surface area contributed by atoms with Crippen LogP contribution in [0.2, 0.25) is 0 Å². The van der Waals surface area contributed by atoms with E-state index >= 15 is 0 Å². The van der Waals surface area contributed by atoms with Gasteiger partial charge in [0.1, 0.15) is 6.10 Å². The van der Waals surface area contributed by atoms with E-state index in [1.165, 1.54) is 43.3 Å². The lowest BCUT2D eigenvalue weighted by Crippen LogP contribution is -2.60. The lowest BCUT2D eigenvalue weighted by molar-refractivity contribution is -0.956. The molecule has 2 atom stereocenters. The van der Waals surface area contributed by atoms with E-state index in [0.717, 1.165) is 25.7 Å². The number of carbonyl (C=O) groups excluding carboxylic acids is 2. The number of hydrogen-bond acceptors (Lipinski definition) is 5. The van der Waals surface area contributed by atoms with Crippen molar-refractivity contribution in [2.24, 2.45) is 0 Å². The van der Waals surface area contributed by atoms with Crippen LogP contribution in [-0.2, 0) is 29.4 Å². The molecular weight excluding hydrogens is 466 g/mol. The van der Waals surface area contributed by atoms with Crippen LogP contribution in [0, 0.1) is 0 Å². The van der Waals surface area contributed by atoms with Gasteiger partial charge in [0.25, 0.3) is 0 Å². The first-order chi connectivity index (χ1) is 18.1. The summed E-state index contributed by atoms with van der Waals surface area (Å²) in [6.07, 6.45) is 8.77. The molecule has 0 radical (unpaired) electrons. The standard InChI is InChI=1S/C31H40NO5/c1-2-3-16-29(33)35-23-36-31(24-12-6-4-7-13-24,25-14-8-5-9-15-25)30(34)37-28-21-26-17-18-27(22-28)32(26)19-10-11-20-32/h4-9,12-15,26-28H,2-3,10-11,16-23H2,1H3/q+1. The first kappa shape index (κ1) is 25.9. The Labute approximate surface area is 220 Å². The zero-order chi connectivity index (χ0) is 25.7. The van der Waals surface area contributed by atoms with Crippen LogP contribution in [0.3, 0.4) is 0 Å². The second-order valence-corrected chi connectivity index (χ2v) is 10.9. The van der Waals surface area contributed by atoms with Gasteiger partial charge in [0.05, 0.1) is 25.2 Å². The number of ether oxygens (including phenoxy) is 3. The minimum atomic E-state index is -1.52. The number of hydrogen-bond donors (Lipinski definition) is 0. The van der Waals surface area contributed by atoms with Gasteiger partial charge in [0.15, 0.2) is 6.79 Å². The molecule has 2 unspecified atom stereocenters. The number of nitrogens with zero attached hydrogens (tertiary/aromatic N) is 1. The maximum absolute atomic E-state index is 14.2. The molecule has 0 aliphatic carbocycles. The van der Waals surface area contributed by atoms with Gasteiger partial charge in [-0.25, -0.2) is 4.79 Å². The summed E-state index contributed by atoms with van der Waals surface area (Å²) in [5.41, 5.74) is -0.195. The Kier molecular flexibility index (Phi) is 7.96. The largest absolute Gasteiger partial charge is 0.459 e. The van der Waals surface area contributed by atoms with Crippen molar-refractivity contribution in [1.82, 2.24) is 0 Å². The van der Waals surface area contributed by atoms with Gasteiger partial charge in [-0.1, -0.05) is 74.0 Å². The van der Waals surface area contributed by atoms with E-state index < -0.39 is 11.6 Å².